The number of nitrogens with one attached hydrogen (secondary N) is 1. The third-order valence-electron chi connectivity index (χ3n) is 6.53. The fourth-order valence-electron chi connectivity index (χ4n) is 4.71. The molecule has 1 N–H and O–H groups in total. The topological polar surface area (TPSA) is 69.7 Å². The van der Waals surface area contributed by atoms with Gasteiger partial charge in [-0.15, -0.1) is 0 Å². The zero-order valence-electron chi connectivity index (χ0n) is 20.0. The average Bonchev–Trinajstić information content (AvgIpc) is 3.13. The van der Waals surface area contributed by atoms with Gasteiger partial charge in [-0.05, 0) is 42.8 Å². The van der Waals surface area contributed by atoms with E-state index >= 15 is 0 Å². The highest BCUT2D eigenvalue weighted by Crippen LogP contribution is 2.37. The Kier molecular flexibility index (Phi) is 6.96. The summed E-state index contributed by atoms with van der Waals surface area (Å²) in [5.74, 6) is -0.272. The summed E-state index contributed by atoms with van der Waals surface area (Å²) in [6, 6.07) is 19.2. The lowest BCUT2D eigenvalue weighted by atomic mass is 10.1. The first-order valence-corrected chi connectivity index (χ1v) is 11.8. The number of nitrogens with zero attached hydrogens (tertiary/aromatic N) is 2. The second kappa shape index (κ2) is 10.1. The molecule has 4 rings (SSSR count). The first-order valence-electron chi connectivity index (χ1n) is 11.8. The monoisotopic (exact) mass is 457 g/mol. The van der Waals surface area contributed by atoms with Crippen molar-refractivity contribution >= 4 is 34.2 Å². The fourth-order valence-corrected chi connectivity index (χ4v) is 4.71. The van der Waals surface area contributed by atoms with E-state index in [4.69, 9.17) is 0 Å². The van der Waals surface area contributed by atoms with Gasteiger partial charge in [0.15, 0.2) is 0 Å². The van der Waals surface area contributed by atoms with Crippen LogP contribution in [0.15, 0.2) is 60.7 Å². The van der Waals surface area contributed by atoms with E-state index in [1.807, 2.05) is 74.5 Å². The number of anilines is 1. The maximum absolute atomic E-state index is 13.3. The summed E-state index contributed by atoms with van der Waals surface area (Å²) in [5, 5.41) is 4.71. The largest absolute Gasteiger partial charge is 0.357 e. The van der Waals surface area contributed by atoms with Crippen LogP contribution in [0.2, 0.25) is 0 Å². The molecular formula is C28H31N3O3. The minimum atomic E-state index is -0.537. The third kappa shape index (κ3) is 4.53. The second-order valence-corrected chi connectivity index (χ2v) is 8.79. The van der Waals surface area contributed by atoms with Gasteiger partial charge in [0.25, 0.3) is 5.91 Å². The number of carbonyl (C=O) groups excluding carboxylic acids is 3. The Bertz CT molecular complexity index is 1210. The van der Waals surface area contributed by atoms with Gasteiger partial charge in [0, 0.05) is 37.5 Å². The standard InChI is InChI=1S/C28H31N3O3/c1-4-23(27(33)29-3)31(18-20-15-13-19(2)14-16-20)25(32)12-7-17-30-24-11-6-9-21-8-5-10-22(26(21)24)28(30)34/h5-6,8-11,13-16,23H,4,7,12,17-18H2,1-3H3,(H,29,33)/t23-/m0/s1. The summed E-state index contributed by atoms with van der Waals surface area (Å²) in [7, 11) is 1.59. The zero-order valence-corrected chi connectivity index (χ0v) is 20.0. The van der Waals surface area contributed by atoms with Gasteiger partial charge in [-0.25, -0.2) is 0 Å². The van der Waals surface area contributed by atoms with E-state index in [2.05, 4.69) is 5.32 Å². The lowest BCUT2D eigenvalue weighted by Crippen LogP contribution is -2.48. The van der Waals surface area contributed by atoms with Crippen molar-refractivity contribution in [2.75, 3.05) is 18.5 Å². The van der Waals surface area contributed by atoms with Crippen LogP contribution in [0.25, 0.3) is 10.8 Å². The van der Waals surface area contributed by atoms with Crippen LogP contribution in [0, 0.1) is 6.92 Å². The summed E-state index contributed by atoms with van der Waals surface area (Å²) >= 11 is 0. The van der Waals surface area contributed by atoms with Crippen LogP contribution in [0.3, 0.4) is 0 Å². The van der Waals surface area contributed by atoms with Gasteiger partial charge in [0.05, 0.1) is 5.69 Å². The Balaban J connectivity index is 1.47. The highest BCUT2D eigenvalue weighted by Gasteiger charge is 2.31. The summed E-state index contributed by atoms with van der Waals surface area (Å²) in [5.41, 5.74) is 3.74. The van der Waals surface area contributed by atoms with Crippen LogP contribution in [0.1, 0.15) is 47.7 Å². The summed E-state index contributed by atoms with van der Waals surface area (Å²) in [4.78, 5) is 42.3. The van der Waals surface area contributed by atoms with Gasteiger partial charge in [0.1, 0.15) is 6.04 Å². The number of carbonyl (C=O) groups is 3. The number of rotatable bonds is 9. The zero-order chi connectivity index (χ0) is 24.2. The van der Waals surface area contributed by atoms with Gasteiger partial charge in [-0.2, -0.15) is 0 Å². The van der Waals surface area contributed by atoms with Crippen molar-refractivity contribution in [2.45, 2.75) is 45.7 Å². The molecule has 1 aliphatic rings. The first kappa shape index (κ1) is 23.5. The quantitative estimate of drug-likeness (QED) is 0.516. The molecule has 6 heteroatoms. The average molecular weight is 458 g/mol. The summed E-state index contributed by atoms with van der Waals surface area (Å²) in [6.07, 6.45) is 1.30. The van der Waals surface area contributed by atoms with Crippen molar-refractivity contribution in [1.29, 1.82) is 0 Å². The molecule has 3 aromatic carbocycles. The Labute approximate surface area is 200 Å². The van der Waals surface area contributed by atoms with Gasteiger partial charge in [-0.1, -0.05) is 61.0 Å². The van der Waals surface area contributed by atoms with E-state index in [9.17, 15) is 14.4 Å². The number of benzene rings is 3. The van der Waals surface area contributed by atoms with Crippen molar-refractivity contribution in [3.05, 3.63) is 77.4 Å². The van der Waals surface area contributed by atoms with Crippen LogP contribution in [-0.4, -0.2) is 42.3 Å². The predicted molar refractivity (Wildman–Crippen MR) is 135 cm³/mol. The van der Waals surface area contributed by atoms with Gasteiger partial charge < -0.3 is 15.1 Å². The third-order valence-corrected chi connectivity index (χ3v) is 6.53. The molecule has 1 atom stereocenters. The fraction of sp³-hybridized carbons (Fsp3) is 0.321. The molecule has 0 saturated carbocycles. The van der Waals surface area contributed by atoms with Gasteiger partial charge in [0.2, 0.25) is 11.8 Å². The summed E-state index contributed by atoms with van der Waals surface area (Å²) in [6.45, 7) is 4.76. The molecule has 176 valence electrons. The van der Waals surface area contributed by atoms with Gasteiger partial charge >= 0.3 is 0 Å². The van der Waals surface area contributed by atoms with E-state index in [0.717, 1.165) is 27.6 Å². The minimum Gasteiger partial charge on any atom is -0.357 e. The van der Waals surface area contributed by atoms with E-state index in [1.54, 1.807) is 16.8 Å². The molecule has 1 aliphatic heterocycles. The first-order chi connectivity index (χ1) is 16.4. The smallest absolute Gasteiger partial charge is 0.258 e. The molecule has 6 nitrogen and oxygen atoms in total. The van der Waals surface area contributed by atoms with Gasteiger partial charge in [-0.3, -0.25) is 14.4 Å². The Hall–Kier alpha value is -3.67. The number of likely N-dealkylation sites (N-methyl/N-ethyl adjacent to an activating group) is 1. The van der Waals surface area contributed by atoms with Crippen LogP contribution in [0.5, 0.6) is 0 Å². The van der Waals surface area contributed by atoms with Crippen LogP contribution in [-0.2, 0) is 16.1 Å². The van der Waals surface area contributed by atoms with E-state index in [1.165, 1.54) is 0 Å². The number of hydrogen-bond acceptors (Lipinski definition) is 3. The second-order valence-electron chi connectivity index (χ2n) is 8.79. The molecular weight excluding hydrogens is 426 g/mol. The van der Waals surface area contributed by atoms with Crippen molar-refractivity contribution in [3.8, 4) is 0 Å². The SMILES string of the molecule is CC[C@@H](C(=O)NC)N(Cc1ccc(C)cc1)C(=O)CCCN1C(=O)c2cccc3cccc1c23. The molecule has 0 radical (unpaired) electrons. The molecule has 0 spiro atoms. The van der Waals surface area contributed by atoms with E-state index in [-0.39, 0.29) is 24.1 Å². The number of hydrogen-bond donors (Lipinski definition) is 1. The van der Waals surface area contributed by atoms with E-state index < -0.39 is 6.04 Å². The lowest BCUT2D eigenvalue weighted by Gasteiger charge is -2.30. The lowest BCUT2D eigenvalue weighted by molar-refractivity contribution is -0.141. The molecule has 3 amide bonds. The molecule has 0 fully saturated rings. The van der Waals surface area contributed by atoms with Crippen molar-refractivity contribution in [3.63, 3.8) is 0 Å². The highest BCUT2D eigenvalue weighted by atomic mass is 16.2. The molecule has 0 aromatic heterocycles. The van der Waals surface area contributed by atoms with Crippen LogP contribution >= 0.6 is 0 Å². The minimum absolute atomic E-state index is 0.0208. The molecule has 0 saturated heterocycles. The van der Waals surface area contributed by atoms with Crippen LogP contribution < -0.4 is 10.2 Å². The number of aryl methyl sites for hydroxylation is 1. The maximum atomic E-state index is 13.3. The molecule has 0 unspecified atom stereocenters. The van der Waals surface area contributed by atoms with Crippen LogP contribution in [0.4, 0.5) is 5.69 Å². The van der Waals surface area contributed by atoms with E-state index in [0.29, 0.717) is 31.5 Å². The summed E-state index contributed by atoms with van der Waals surface area (Å²) < 4.78 is 0. The molecule has 34 heavy (non-hydrogen) atoms. The van der Waals surface area contributed by atoms with Crippen molar-refractivity contribution in [1.82, 2.24) is 10.2 Å². The normalized spacial score (nSPS) is 13.3. The van der Waals surface area contributed by atoms with Crippen molar-refractivity contribution in [2.24, 2.45) is 0 Å². The maximum Gasteiger partial charge on any atom is 0.258 e. The van der Waals surface area contributed by atoms with Crippen molar-refractivity contribution < 1.29 is 14.4 Å². The Morgan fingerprint density at radius 1 is 1.03 bits per heavy atom. The molecule has 0 bridgehead atoms. The Morgan fingerprint density at radius 2 is 1.74 bits per heavy atom. The number of amides is 3. The molecule has 3 aromatic rings. The highest BCUT2D eigenvalue weighted by molar-refractivity contribution is 6.25. The molecule has 0 aliphatic carbocycles. The Morgan fingerprint density at radius 3 is 2.41 bits per heavy atom. The molecule has 1 heterocycles. The predicted octanol–water partition coefficient (Wildman–Crippen LogP) is 4.44.